The summed E-state index contributed by atoms with van der Waals surface area (Å²) in [7, 11) is 2.23. The highest BCUT2D eigenvalue weighted by Gasteiger charge is 2.17. The zero-order valence-corrected chi connectivity index (χ0v) is 12.7. The van der Waals surface area contributed by atoms with E-state index in [1.54, 1.807) is 0 Å². The van der Waals surface area contributed by atoms with Gasteiger partial charge in [-0.2, -0.15) is 0 Å². The number of piperidine rings is 1. The van der Waals surface area contributed by atoms with E-state index in [2.05, 4.69) is 41.5 Å². The van der Waals surface area contributed by atoms with E-state index in [1.165, 1.54) is 18.4 Å². The summed E-state index contributed by atoms with van der Waals surface area (Å²) in [6.45, 7) is 6.07. The summed E-state index contributed by atoms with van der Waals surface area (Å²) in [5, 5.41) is 3.41. The molecular weight excluding hydrogens is 260 g/mol. The number of rotatable bonds is 5. The Balaban J connectivity index is 0.00000180. The molecule has 0 unspecified atom stereocenters. The van der Waals surface area contributed by atoms with Gasteiger partial charge in [0.1, 0.15) is 5.75 Å². The van der Waals surface area contributed by atoms with E-state index in [4.69, 9.17) is 4.74 Å². The SMILES string of the molecule is CCOc1ccc(CN(C)C2CCNCC2)cc1.Cl. The van der Waals surface area contributed by atoms with Gasteiger partial charge in [0.05, 0.1) is 6.61 Å². The van der Waals surface area contributed by atoms with E-state index in [0.717, 1.165) is 38.0 Å². The number of hydrogen-bond donors (Lipinski definition) is 1. The number of benzene rings is 1. The molecule has 1 N–H and O–H groups in total. The van der Waals surface area contributed by atoms with Gasteiger partial charge in [0, 0.05) is 12.6 Å². The van der Waals surface area contributed by atoms with Crippen molar-refractivity contribution in [1.29, 1.82) is 0 Å². The maximum absolute atomic E-state index is 5.46. The molecule has 0 radical (unpaired) electrons. The molecule has 1 fully saturated rings. The van der Waals surface area contributed by atoms with E-state index in [-0.39, 0.29) is 12.4 Å². The van der Waals surface area contributed by atoms with Gasteiger partial charge < -0.3 is 10.1 Å². The fourth-order valence-corrected chi connectivity index (χ4v) is 2.52. The van der Waals surface area contributed by atoms with Crippen LogP contribution in [0.3, 0.4) is 0 Å². The van der Waals surface area contributed by atoms with Gasteiger partial charge in [-0.1, -0.05) is 12.1 Å². The van der Waals surface area contributed by atoms with Crippen molar-refractivity contribution in [2.45, 2.75) is 32.4 Å². The third kappa shape index (κ3) is 5.01. The van der Waals surface area contributed by atoms with Crippen molar-refractivity contribution in [1.82, 2.24) is 10.2 Å². The molecule has 1 aliphatic heterocycles. The van der Waals surface area contributed by atoms with Crippen molar-refractivity contribution in [2.24, 2.45) is 0 Å². The molecule has 1 heterocycles. The summed E-state index contributed by atoms with van der Waals surface area (Å²) in [5.41, 5.74) is 1.36. The molecule has 3 nitrogen and oxygen atoms in total. The second-order valence-electron chi connectivity index (χ2n) is 4.97. The maximum Gasteiger partial charge on any atom is 0.119 e. The second kappa shape index (κ2) is 8.41. The van der Waals surface area contributed by atoms with Crippen LogP contribution in [0, 0.1) is 0 Å². The van der Waals surface area contributed by atoms with Gasteiger partial charge in [0.25, 0.3) is 0 Å². The minimum absolute atomic E-state index is 0. The molecule has 1 aliphatic rings. The largest absolute Gasteiger partial charge is 0.494 e. The van der Waals surface area contributed by atoms with Crippen molar-refractivity contribution in [3.63, 3.8) is 0 Å². The molecule has 1 aromatic rings. The first-order valence-electron chi connectivity index (χ1n) is 6.92. The molecule has 0 bridgehead atoms. The monoisotopic (exact) mass is 284 g/mol. The highest BCUT2D eigenvalue weighted by Crippen LogP contribution is 2.16. The number of ether oxygens (including phenoxy) is 1. The van der Waals surface area contributed by atoms with E-state index < -0.39 is 0 Å². The van der Waals surface area contributed by atoms with Crippen LogP contribution >= 0.6 is 12.4 Å². The molecule has 4 heteroatoms. The van der Waals surface area contributed by atoms with Gasteiger partial charge >= 0.3 is 0 Å². The predicted octanol–water partition coefficient (Wildman–Crippen LogP) is 2.69. The average Bonchev–Trinajstić information content (AvgIpc) is 2.42. The van der Waals surface area contributed by atoms with Gasteiger partial charge in [-0.25, -0.2) is 0 Å². The Hall–Kier alpha value is -0.770. The topological polar surface area (TPSA) is 24.5 Å². The van der Waals surface area contributed by atoms with Crippen molar-refractivity contribution in [2.75, 3.05) is 26.7 Å². The summed E-state index contributed by atoms with van der Waals surface area (Å²) in [6.07, 6.45) is 2.51. The molecule has 108 valence electrons. The smallest absolute Gasteiger partial charge is 0.119 e. The molecular formula is C15H25ClN2O. The number of hydrogen-bond acceptors (Lipinski definition) is 3. The zero-order valence-electron chi connectivity index (χ0n) is 11.9. The van der Waals surface area contributed by atoms with Gasteiger partial charge in [-0.15, -0.1) is 12.4 Å². The molecule has 1 aromatic carbocycles. The molecule has 0 spiro atoms. The lowest BCUT2D eigenvalue weighted by atomic mass is 10.0. The third-order valence-corrected chi connectivity index (χ3v) is 3.60. The van der Waals surface area contributed by atoms with E-state index in [9.17, 15) is 0 Å². The minimum atomic E-state index is 0. The van der Waals surface area contributed by atoms with Gasteiger partial charge in [-0.3, -0.25) is 4.90 Å². The predicted molar refractivity (Wildman–Crippen MR) is 82.2 cm³/mol. The molecule has 0 aromatic heterocycles. The molecule has 2 rings (SSSR count). The molecule has 0 aliphatic carbocycles. The lowest BCUT2D eigenvalue weighted by molar-refractivity contribution is 0.192. The van der Waals surface area contributed by atoms with Crippen LogP contribution in [0.2, 0.25) is 0 Å². The summed E-state index contributed by atoms with van der Waals surface area (Å²) in [6, 6.07) is 9.19. The summed E-state index contributed by atoms with van der Waals surface area (Å²) < 4.78 is 5.46. The number of nitrogens with zero attached hydrogens (tertiary/aromatic N) is 1. The Bertz CT molecular complexity index is 350. The standard InChI is InChI=1S/C15H24N2O.ClH/c1-3-18-15-6-4-13(5-7-15)12-17(2)14-8-10-16-11-9-14;/h4-7,14,16H,3,8-12H2,1-2H3;1H. The van der Waals surface area contributed by atoms with Gasteiger partial charge in [0.2, 0.25) is 0 Å². The lowest BCUT2D eigenvalue weighted by Crippen LogP contribution is -2.40. The van der Waals surface area contributed by atoms with E-state index in [0.29, 0.717) is 0 Å². The average molecular weight is 285 g/mol. The van der Waals surface area contributed by atoms with Crippen LogP contribution in [-0.2, 0) is 6.54 Å². The van der Waals surface area contributed by atoms with Crippen molar-refractivity contribution in [3.8, 4) is 5.75 Å². The van der Waals surface area contributed by atoms with Crippen LogP contribution in [0.5, 0.6) is 5.75 Å². The third-order valence-electron chi connectivity index (χ3n) is 3.60. The normalized spacial score (nSPS) is 16.2. The summed E-state index contributed by atoms with van der Waals surface area (Å²) in [4.78, 5) is 2.47. The van der Waals surface area contributed by atoms with Crippen molar-refractivity contribution >= 4 is 12.4 Å². The van der Waals surface area contributed by atoms with Gasteiger partial charge in [0.15, 0.2) is 0 Å². The van der Waals surface area contributed by atoms with Crippen LogP contribution in [0.15, 0.2) is 24.3 Å². The maximum atomic E-state index is 5.46. The van der Waals surface area contributed by atoms with Crippen molar-refractivity contribution < 1.29 is 4.74 Å². The number of halogens is 1. The molecule has 0 saturated carbocycles. The Morgan fingerprint density at radius 3 is 2.42 bits per heavy atom. The molecule has 19 heavy (non-hydrogen) atoms. The summed E-state index contributed by atoms with van der Waals surface area (Å²) >= 11 is 0. The number of nitrogens with one attached hydrogen (secondary N) is 1. The summed E-state index contributed by atoms with van der Waals surface area (Å²) in [5.74, 6) is 0.964. The highest BCUT2D eigenvalue weighted by molar-refractivity contribution is 5.85. The Labute approximate surface area is 122 Å². The minimum Gasteiger partial charge on any atom is -0.494 e. The van der Waals surface area contributed by atoms with Crippen LogP contribution in [0.1, 0.15) is 25.3 Å². The van der Waals surface area contributed by atoms with Crippen LogP contribution in [-0.4, -0.2) is 37.7 Å². The zero-order chi connectivity index (χ0) is 12.8. The fourth-order valence-electron chi connectivity index (χ4n) is 2.52. The van der Waals surface area contributed by atoms with E-state index >= 15 is 0 Å². The Morgan fingerprint density at radius 2 is 1.84 bits per heavy atom. The first-order valence-corrected chi connectivity index (χ1v) is 6.92. The van der Waals surface area contributed by atoms with Crippen LogP contribution in [0.25, 0.3) is 0 Å². The Kier molecular flexibility index (Phi) is 7.21. The van der Waals surface area contributed by atoms with Gasteiger partial charge in [-0.05, 0) is 57.6 Å². The van der Waals surface area contributed by atoms with Crippen LogP contribution < -0.4 is 10.1 Å². The quantitative estimate of drug-likeness (QED) is 0.900. The molecule has 0 atom stereocenters. The first kappa shape index (κ1) is 16.3. The lowest BCUT2D eigenvalue weighted by Gasteiger charge is -2.31. The van der Waals surface area contributed by atoms with Crippen molar-refractivity contribution in [3.05, 3.63) is 29.8 Å². The Morgan fingerprint density at radius 1 is 1.21 bits per heavy atom. The second-order valence-corrected chi connectivity index (χ2v) is 4.97. The fraction of sp³-hybridized carbons (Fsp3) is 0.600. The van der Waals surface area contributed by atoms with E-state index in [1.807, 2.05) is 6.92 Å². The molecule has 1 saturated heterocycles. The first-order chi connectivity index (χ1) is 8.79. The highest BCUT2D eigenvalue weighted by atomic mass is 35.5. The van der Waals surface area contributed by atoms with Crippen LogP contribution in [0.4, 0.5) is 0 Å². The molecule has 0 amide bonds.